The number of hydrogen-bond donors (Lipinski definition) is 0. The van der Waals surface area contributed by atoms with Gasteiger partial charge in [-0.1, -0.05) is 0 Å². The van der Waals surface area contributed by atoms with E-state index in [9.17, 15) is 12.8 Å². The lowest BCUT2D eigenvalue weighted by Crippen LogP contribution is -2.24. The first-order valence-corrected chi connectivity index (χ1v) is 4.12. The van der Waals surface area contributed by atoms with E-state index in [2.05, 4.69) is 4.18 Å². The van der Waals surface area contributed by atoms with Gasteiger partial charge in [0.25, 0.3) is 10.1 Å². The zero-order valence-corrected chi connectivity index (χ0v) is 5.53. The van der Waals surface area contributed by atoms with Crippen LogP contribution in [0.1, 0.15) is 12.8 Å². The Bertz CT molecular complexity index is 186. The Labute approximate surface area is 52.9 Å². The van der Waals surface area contributed by atoms with Gasteiger partial charge in [-0.3, -0.25) is 4.18 Å². The highest BCUT2D eigenvalue weighted by molar-refractivity contribution is 7.87. The van der Waals surface area contributed by atoms with Gasteiger partial charge < -0.3 is 0 Å². The second-order valence-electron chi connectivity index (χ2n) is 1.87. The predicted octanol–water partition coefficient (Wildman–Crippen LogP) is 0.422. The van der Waals surface area contributed by atoms with Crippen molar-refractivity contribution in [2.45, 2.75) is 18.3 Å². The fourth-order valence-corrected chi connectivity index (χ4v) is 1.59. The SMILES string of the molecule is O=S1(=O)OCCCC1F. The van der Waals surface area contributed by atoms with Crippen LogP contribution >= 0.6 is 0 Å². The number of halogens is 1. The first kappa shape index (κ1) is 6.95. The molecule has 1 aliphatic heterocycles. The van der Waals surface area contributed by atoms with Gasteiger partial charge in [0.15, 0.2) is 0 Å². The zero-order valence-electron chi connectivity index (χ0n) is 4.71. The van der Waals surface area contributed by atoms with Crippen molar-refractivity contribution in [2.75, 3.05) is 6.61 Å². The van der Waals surface area contributed by atoms with Crippen molar-refractivity contribution in [1.29, 1.82) is 0 Å². The summed E-state index contributed by atoms with van der Waals surface area (Å²) in [5.41, 5.74) is -1.80. The highest BCUT2D eigenvalue weighted by Gasteiger charge is 2.29. The number of rotatable bonds is 0. The molecule has 1 heterocycles. The smallest absolute Gasteiger partial charge is 0.268 e. The fraction of sp³-hybridized carbons (Fsp3) is 1.00. The molecule has 1 saturated heterocycles. The minimum absolute atomic E-state index is 0.0718. The molecule has 0 aliphatic carbocycles. The molecule has 0 radical (unpaired) electrons. The molecule has 1 atom stereocenters. The molecule has 9 heavy (non-hydrogen) atoms. The minimum atomic E-state index is -3.83. The Balaban J connectivity index is 2.72. The number of hydrogen-bond acceptors (Lipinski definition) is 3. The molecule has 54 valence electrons. The summed E-state index contributed by atoms with van der Waals surface area (Å²) >= 11 is 0. The third kappa shape index (κ3) is 1.40. The third-order valence-corrected chi connectivity index (χ3v) is 2.49. The van der Waals surface area contributed by atoms with Gasteiger partial charge in [0, 0.05) is 0 Å². The third-order valence-electron chi connectivity index (χ3n) is 1.14. The molecule has 1 unspecified atom stereocenters. The van der Waals surface area contributed by atoms with E-state index in [1.54, 1.807) is 0 Å². The van der Waals surface area contributed by atoms with E-state index >= 15 is 0 Å². The summed E-state index contributed by atoms with van der Waals surface area (Å²) in [7, 11) is -3.83. The molecule has 1 rings (SSSR count). The summed E-state index contributed by atoms with van der Waals surface area (Å²) in [4.78, 5) is 0. The lowest BCUT2D eigenvalue weighted by molar-refractivity contribution is 0.231. The van der Waals surface area contributed by atoms with Crippen molar-refractivity contribution in [1.82, 2.24) is 0 Å². The molecule has 0 aromatic rings. The van der Waals surface area contributed by atoms with Gasteiger partial charge in [0.1, 0.15) is 0 Å². The number of alkyl halides is 1. The van der Waals surface area contributed by atoms with Crippen LogP contribution in [0.25, 0.3) is 0 Å². The summed E-state index contributed by atoms with van der Waals surface area (Å²) in [6, 6.07) is 0. The molecule has 0 spiro atoms. The zero-order chi connectivity index (χ0) is 6.91. The lowest BCUT2D eigenvalue weighted by Gasteiger charge is -2.14. The van der Waals surface area contributed by atoms with Crippen LogP contribution in [-0.2, 0) is 14.3 Å². The highest BCUT2D eigenvalue weighted by atomic mass is 32.2. The first-order chi connectivity index (χ1) is 4.13. The van der Waals surface area contributed by atoms with Crippen molar-refractivity contribution >= 4 is 10.1 Å². The molecule has 1 fully saturated rings. The second kappa shape index (κ2) is 2.22. The van der Waals surface area contributed by atoms with Crippen molar-refractivity contribution in [3.05, 3.63) is 0 Å². The molecule has 0 bridgehead atoms. The monoisotopic (exact) mass is 154 g/mol. The van der Waals surface area contributed by atoms with Crippen LogP contribution in [-0.4, -0.2) is 20.5 Å². The Hall–Kier alpha value is -0.160. The first-order valence-electron chi connectivity index (χ1n) is 2.65. The Morgan fingerprint density at radius 3 is 2.56 bits per heavy atom. The van der Waals surface area contributed by atoms with Crippen LogP contribution in [0, 0.1) is 0 Å². The van der Waals surface area contributed by atoms with E-state index in [1.165, 1.54) is 0 Å². The van der Waals surface area contributed by atoms with Gasteiger partial charge in [-0.25, -0.2) is 4.39 Å². The Morgan fingerprint density at radius 1 is 1.56 bits per heavy atom. The normalized spacial score (nSPS) is 34.1. The van der Waals surface area contributed by atoms with Crippen molar-refractivity contribution < 1.29 is 17.0 Å². The average Bonchev–Trinajstić information content (AvgIpc) is 1.77. The van der Waals surface area contributed by atoms with E-state index in [0.29, 0.717) is 6.42 Å². The van der Waals surface area contributed by atoms with Crippen LogP contribution in [0.2, 0.25) is 0 Å². The van der Waals surface area contributed by atoms with Gasteiger partial charge in [-0.2, -0.15) is 8.42 Å². The van der Waals surface area contributed by atoms with E-state index in [4.69, 9.17) is 0 Å². The van der Waals surface area contributed by atoms with Crippen LogP contribution < -0.4 is 0 Å². The summed E-state index contributed by atoms with van der Waals surface area (Å²) in [5.74, 6) is 0. The van der Waals surface area contributed by atoms with Gasteiger partial charge >= 0.3 is 0 Å². The average molecular weight is 154 g/mol. The molecular weight excluding hydrogens is 147 g/mol. The lowest BCUT2D eigenvalue weighted by atomic mass is 10.3. The molecule has 0 aromatic carbocycles. The van der Waals surface area contributed by atoms with Gasteiger partial charge in [0.05, 0.1) is 6.61 Å². The van der Waals surface area contributed by atoms with Gasteiger partial charge in [-0.15, -0.1) is 0 Å². The van der Waals surface area contributed by atoms with Crippen molar-refractivity contribution in [3.8, 4) is 0 Å². The summed E-state index contributed by atoms with van der Waals surface area (Å²) in [6.07, 6.45) is 0.558. The van der Waals surface area contributed by atoms with Crippen LogP contribution in [0.15, 0.2) is 0 Å². The van der Waals surface area contributed by atoms with Crippen LogP contribution in [0.5, 0.6) is 0 Å². The largest absolute Gasteiger partial charge is 0.299 e. The molecule has 3 nitrogen and oxygen atoms in total. The Morgan fingerprint density at radius 2 is 2.22 bits per heavy atom. The van der Waals surface area contributed by atoms with E-state index in [0.717, 1.165) is 0 Å². The minimum Gasteiger partial charge on any atom is -0.268 e. The second-order valence-corrected chi connectivity index (χ2v) is 3.60. The summed E-state index contributed by atoms with van der Waals surface area (Å²) < 4.78 is 37.2. The molecule has 0 N–H and O–H groups in total. The van der Waals surface area contributed by atoms with Gasteiger partial charge in [0.2, 0.25) is 5.50 Å². The van der Waals surface area contributed by atoms with Crippen LogP contribution in [0.4, 0.5) is 4.39 Å². The maximum absolute atomic E-state index is 12.2. The summed E-state index contributed by atoms with van der Waals surface area (Å²) in [5, 5.41) is 0. The Kier molecular flexibility index (Phi) is 1.72. The predicted molar refractivity (Wildman–Crippen MR) is 29.0 cm³/mol. The molecular formula is C4H7FO3S. The molecule has 0 aromatic heterocycles. The van der Waals surface area contributed by atoms with Crippen molar-refractivity contribution in [3.63, 3.8) is 0 Å². The highest BCUT2D eigenvalue weighted by Crippen LogP contribution is 2.17. The molecule has 1 aliphatic rings. The summed E-state index contributed by atoms with van der Waals surface area (Å²) in [6.45, 7) is 0.128. The van der Waals surface area contributed by atoms with E-state index in [1.807, 2.05) is 0 Å². The van der Waals surface area contributed by atoms with Gasteiger partial charge in [-0.05, 0) is 12.8 Å². The topological polar surface area (TPSA) is 43.4 Å². The standard InChI is InChI=1S/C4H7FO3S/c5-4-2-1-3-8-9(4,6)7/h4H,1-3H2. The maximum atomic E-state index is 12.2. The maximum Gasteiger partial charge on any atom is 0.299 e. The fourth-order valence-electron chi connectivity index (χ4n) is 0.637. The van der Waals surface area contributed by atoms with Crippen molar-refractivity contribution in [2.24, 2.45) is 0 Å². The van der Waals surface area contributed by atoms with E-state index in [-0.39, 0.29) is 13.0 Å². The molecule has 5 heteroatoms. The molecule has 0 saturated carbocycles. The quantitative estimate of drug-likeness (QED) is 0.475. The van der Waals surface area contributed by atoms with E-state index < -0.39 is 15.6 Å². The molecule has 0 amide bonds. The van der Waals surface area contributed by atoms with Crippen LogP contribution in [0.3, 0.4) is 0 Å².